The van der Waals surface area contributed by atoms with Crippen LogP contribution in [0.5, 0.6) is 0 Å². The number of nitrogens with one attached hydrogen (secondary N) is 3. The first kappa shape index (κ1) is 17.1. The van der Waals surface area contributed by atoms with Gasteiger partial charge in [-0.05, 0) is 36.5 Å². The van der Waals surface area contributed by atoms with Gasteiger partial charge in [0, 0.05) is 37.2 Å². The third-order valence-electron chi connectivity index (χ3n) is 4.36. The van der Waals surface area contributed by atoms with Crippen LogP contribution < -0.4 is 10.6 Å². The fourth-order valence-corrected chi connectivity index (χ4v) is 3.02. The molecule has 0 atom stereocenters. The van der Waals surface area contributed by atoms with E-state index in [-0.39, 0.29) is 0 Å². The third kappa shape index (κ3) is 4.86. The molecule has 0 unspecified atom stereocenters. The van der Waals surface area contributed by atoms with Gasteiger partial charge in [0.15, 0.2) is 5.96 Å². The van der Waals surface area contributed by atoms with Crippen LogP contribution >= 0.6 is 0 Å². The monoisotopic (exact) mass is 334 g/mol. The summed E-state index contributed by atoms with van der Waals surface area (Å²) in [5.74, 6) is 0.868. The first-order valence-corrected chi connectivity index (χ1v) is 8.90. The van der Waals surface area contributed by atoms with Crippen LogP contribution in [-0.4, -0.2) is 31.1 Å². The molecule has 4 nitrogen and oxygen atoms in total. The van der Waals surface area contributed by atoms with E-state index in [0.29, 0.717) is 0 Å². The molecule has 0 aliphatic heterocycles. The van der Waals surface area contributed by atoms with E-state index in [1.165, 1.54) is 22.0 Å². The Morgan fingerprint density at radius 2 is 1.68 bits per heavy atom. The topological polar surface area (TPSA) is 52.2 Å². The highest BCUT2D eigenvalue weighted by Gasteiger charge is 2.03. The molecule has 1 heterocycles. The molecule has 25 heavy (non-hydrogen) atoms. The van der Waals surface area contributed by atoms with E-state index in [9.17, 15) is 0 Å². The number of benzene rings is 2. The quantitative estimate of drug-likeness (QED) is 0.352. The van der Waals surface area contributed by atoms with E-state index in [4.69, 9.17) is 0 Å². The summed E-state index contributed by atoms with van der Waals surface area (Å²) in [6.45, 7) is 1.78. The van der Waals surface area contributed by atoms with Gasteiger partial charge in [-0.25, -0.2) is 0 Å². The molecule has 1 aromatic heterocycles. The minimum Gasteiger partial charge on any atom is -0.361 e. The normalized spacial score (nSPS) is 11.6. The molecular weight excluding hydrogens is 308 g/mol. The zero-order chi connectivity index (χ0) is 17.3. The van der Waals surface area contributed by atoms with E-state index in [1.807, 2.05) is 7.05 Å². The van der Waals surface area contributed by atoms with Gasteiger partial charge >= 0.3 is 0 Å². The van der Waals surface area contributed by atoms with Crippen molar-refractivity contribution >= 4 is 16.9 Å². The summed E-state index contributed by atoms with van der Waals surface area (Å²) in [6.07, 6.45) is 5.24. The number of hydrogen-bond donors (Lipinski definition) is 3. The molecule has 0 bridgehead atoms. The summed E-state index contributed by atoms with van der Waals surface area (Å²) in [6, 6.07) is 19.0. The molecule has 0 aliphatic carbocycles. The van der Waals surface area contributed by atoms with Gasteiger partial charge in [0.05, 0.1) is 0 Å². The summed E-state index contributed by atoms with van der Waals surface area (Å²) < 4.78 is 0. The molecule has 0 saturated carbocycles. The summed E-state index contributed by atoms with van der Waals surface area (Å²) in [5, 5.41) is 8.09. The number of aromatic amines is 1. The van der Waals surface area contributed by atoms with Crippen molar-refractivity contribution in [3.05, 3.63) is 71.9 Å². The van der Waals surface area contributed by atoms with Crippen molar-refractivity contribution < 1.29 is 0 Å². The Balaban J connectivity index is 1.39. The second-order valence-electron chi connectivity index (χ2n) is 6.12. The molecule has 3 aromatic rings. The SMILES string of the molecule is CN=C(NCCCc1ccccc1)NCCc1c[nH]c2ccccc12. The number of fused-ring (bicyclic) bond motifs is 1. The lowest BCUT2D eigenvalue weighted by molar-refractivity contribution is 0.739. The minimum absolute atomic E-state index is 0.861. The highest BCUT2D eigenvalue weighted by molar-refractivity contribution is 5.83. The maximum Gasteiger partial charge on any atom is 0.190 e. The lowest BCUT2D eigenvalue weighted by Crippen LogP contribution is -2.38. The van der Waals surface area contributed by atoms with Crippen molar-refractivity contribution in [3.63, 3.8) is 0 Å². The average Bonchev–Trinajstić information content (AvgIpc) is 3.08. The number of rotatable bonds is 7. The molecule has 2 aromatic carbocycles. The molecule has 0 saturated heterocycles. The summed E-state index contributed by atoms with van der Waals surface area (Å²) in [7, 11) is 1.82. The predicted molar refractivity (Wildman–Crippen MR) is 106 cm³/mol. The molecule has 3 rings (SSSR count). The van der Waals surface area contributed by atoms with Gasteiger partial charge in [-0.2, -0.15) is 0 Å². The van der Waals surface area contributed by atoms with Crippen LogP contribution in [0, 0.1) is 0 Å². The lowest BCUT2D eigenvalue weighted by Gasteiger charge is -2.11. The standard InChI is InChI=1S/C21H26N4/c1-22-21(23-14-7-10-17-8-3-2-4-9-17)24-15-13-18-16-25-20-12-6-5-11-19(18)20/h2-6,8-9,11-12,16,25H,7,10,13-15H2,1H3,(H2,22,23,24). The van der Waals surface area contributed by atoms with Crippen LogP contribution in [0.15, 0.2) is 65.8 Å². The number of nitrogens with zero attached hydrogens (tertiary/aromatic N) is 1. The van der Waals surface area contributed by atoms with Gasteiger partial charge in [0.25, 0.3) is 0 Å². The van der Waals surface area contributed by atoms with Crippen molar-refractivity contribution in [3.8, 4) is 0 Å². The second-order valence-corrected chi connectivity index (χ2v) is 6.12. The number of aryl methyl sites for hydroxylation is 1. The minimum atomic E-state index is 0.861. The molecule has 4 heteroatoms. The summed E-state index contributed by atoms with van der Waals surface area (Å²) in [4.78, 5) is 7.62. The molecule has 0 fully saturated rings. The number of hydrogen-bond acceptors (Lipinski definition) is 1. The zero-order valence-electron chi connectivity index (χ0n) is 14.8. The van der Waals surface area contributed by atoms with Crippen molar-refractivity contribution in [2.45, 2.75) is 19.3 Å². The van der Waals surface area contributed by atoms with Crippen LogP contribution in [0.25, 0.3) is 10.9 Å². The van der Waals surface area contributed by atoms with E-state index >= 15 is 0 Å². The smallest absolute Gasteiger partial charge is 0.190 e. The van der Waals surface area contributed by atoms with Gasteiger partial charge in [0.1, 0.15) is 0 Å². The third-order valence-corrected chi connectivity index (χ3v) is 4.36. The molecule has 0 amide bonds. The van der Waals surface area contributed by atoms with Crippen LogP contribution in [0.2, 0.25) is 0 Å². The molecular formula is C21H26N4. The molecule has 130 valence electrons. The second kappa shape index (κ2) is 8.92. The first-order valence-electron chi connectivity index (χ1n) is 8.90. The number of aromatic nitrogens is 1. The Bertz CT molecular complexity index is 805. The number of para-hydroxylation sites is 1. The summed E-state index contributed by atoms with van der Waals surface area (Å²) >= 11 is 0. The van der Waals surface area contributed by atoms with Crippen LogP contribution in [0.1, 0.15) is 17.5 Å². The highest BCUT2D eigenvalue weighted by Crippen LogP contribution is 2.17. The maximum atomic E-state index is 4.30. The van der Waals surface area contributed by atoms with Crippen molar-refractivity contribution in [1.29, 1.82) is 0 Å². The van der Waals surface area contributed by atoms with Crippen LogP contribution in [0.4, 0.5) is 0 Å². The van der Waals surface area contributed by atoms with E-state index in [2.05, 4.69) is 81.4 Å². The van der Waals surface area contributed by atoms with Gasteiger partial charge < -0.3 is 15.6 Å². The number of H-pyrrole nitrogens is 1. The van der Waals surface area contributed by atoms with Crippen LogP contribution in [0.3, 0.4) is 0 Å². The fraction of sp³-hybridized carbons (Fsp3) is 0.286. The summed E-state index contributed by atoms with van der Waals surface area (Å²) in [5.41, 5.74) is 3.91. The largest absolute Gasteiger partial charge is 0.361 e. The van der Waals surface area contributed by atoms with Crippen molar-refractivity contribution in [2.75, 3.05) is 20.1 Å². The van der Waals surface area contributed by atoms with E-state index < -0.39 is 0 Å². The van der Waals surface area contributed by atoms with Crippen molar-refractivity contribution in [1.82, 2.24) is 15.6 Å². The van der Waals surface area contributed by atoms with Crippen LogP contribution in [-0.2, 0) is 12.8 Å². The Morgan fingerprint density at radius 1 is 0.920 bits per heavy atom. The number of aliphatic imine (C=N–C) groups is 1. The Labute approximate surface area is 149 Å². The molecule has 0 spiro atoms. The van der Waals surface area contributed by atoms with Gasteiger partial charge in [0.2, 0.25) is 0 Å². The van der Waals surface area contributed by atoms with Gasteiger partial charge in [-0.3, -0.25) is 4.99 Å². The highest BCUT2D eigenvalue weighted by atomic mass is 15.2. The first-order chi connectivity index (χ1) is 12.4. The number of guanidine groups is 1. The lowest BCUT2D eigenvalue weighted by atomic mass is 10.1. The predicted octanol–water partition coefficient (Wildman–Crippen LogP) is 3.51. The van der Waals surface area contributed by atoms with E-state index in [1.54, 1.807) is 0 Å². The zero-order valence-corrected chi connectivity index (χ0v) is 14.8. The van der Waals surface area contributed by atoms with E-state index in [0.717, 1.165) is 38.3 Å². The Morgan fingerprint density at radius 3 is 2.52 bits per heavy atom. The molecule has 0 aliphatic rings. The molecule has 0 radical (unpaired) electrons. The van der Waals surface area contributed by atoms with Crippen molar-refractivity contribution in [2.24, 2.45) is 4.99 Å². The fourth-order valence-electron chi connectivity index (χ4n) is 3.02. The van der Waals surface area contributed by atoms with Gasteiger partial charge in [-0.1, -0.05) is 48.5 Å². The average molecular weight is 334 g/mol. The maximum absolute atomic E-state index is 4.30. The Hall–Kier alpha value is -2.75. The Kier molecular flexibility index (Phi) is 6.10. The molecule has 3 N–H and O–H groups in total. The van der Waals surface area contributed by atoms with Gasteiger partial charge in [-0.15, -0.1) is 0 Å².